The lowest BCUT2D eigenvalue weighted by Gasteiger charge is -2.23. The van der Waals surface area contributed by atoms with Gasteiger partial charge in [0.2, 0.25) is 0 Å². The number of carbonyl (C=O) groups is 1. The first-order valence-corrected chi connectivity index (χ1v) is 11.4. The molecule has 4 rings (SSSR count). The Morgan fingerprint density at radius 1 is 1.03 bits per heavy atom. The number of rotatable bonds is 5. The van der Waals surface area contributed by atoms with Crippen LogP contribution in [-0.2, 0) is 4.74 Å². The van der Waals surface area contributed by atoms with Crippen LogP contribution >= 0.6 is 0 Å². The first-order chi connectivity index (χ1) is 14.9. The summed E-state index contributed by atoms with van der Waals surface area (Å²) in [4.78, 5) is 11.8. The van der Waals surface area contributed by atoms with Crippen LogP contribution in [0.25, 0.3) is 21.9 Å². The van der Waals surface area contributed by atoms with Crippen LogP contribution in [-0.4, -0.2) is 13.1 Å². The van der Waals surface area contributed by atoms with Crippen molar-refractivity contribution in [1.29, 1.82) is 0 Å². The Kier molecular flexibility index (Phi) is 6.00. The predicted octanol–water partition coefficient (Wildman–Crippen LogP) is 7.70. The first kappa shape index (κ1) is 21.4. The molecule has 0 N–H and O–H groups in total. The van der Waals surface area contributed by atoms with Crippen molar-refractivity contribution in [3.8, 4) is 11.1 Å². The molecule has 31 heavy (non-hydrogen) atoms. The van der Waals surface area contributed by atoms with Gasteiger partial charge in [-0.05, 0) is 82.8 Å². The maximum absolute atomic E-state index is 11.8. The molecular weight excluding hydrogens is 380 g/mol. The van der Waals surface area contributed by atoms with Gasteiger partial charge < -0.3 is 4.74 Å². The fraction of sp³-hybridized carbons (Fsp3) is 0.345. The van der Waals surface area contributed by atoms with Gasteiger partial charge in [0.05, 0.1) is 12.7 Å². The van der Waals surface area contributed by atoms with E-state index in [0.29, 0.717) is 23.3 Å². The van der Waals surface area contributed by atoms with Gasteiger partial charge in [0, 0.05) is 5.92 Å². The molecule has 1 aliphatic rings. The minimum Gasteiger partial charge on any atom is -0.465 e. The summed E-state index contributed by atoms with van der Waals surface area (Å²) < 4.78 is 4.85. The van der Waals surface area contributed by atoms with Crippen molar-refractivity contribution in [2.24, 2.45) is 11.8 Å². The molecule has 3 unspecified atom stereocenters. The normalized spacial score (nSPS) is 19.3. The highest BCUT2D eigenvalue weighted by molar-refractivity contribution is 5.96. The highest BCUT2D eigenvalue weighted by Crippen LogP contribution is 2.44. The van der Waals surface area contributed by atoms with Crippen molar-refractivity contribution < 1.29 is 9.53 Å². The van der Waals surface area contributed by atoms with Crippen molar-refractivity contribution in [1.82, 2.24) is 0 Å². The maximum Gasteiger partial charge on any atom is 0.337 e. The molecule has 3 atom stereocenters. The van der Waals surface area contributed by atoms with Gasteiger partial charge >= 0.3 is 5.97 Å². The zero-order chi connectivity index (χ0) is 22.1. The highest BCUT2D eigenvalue weighted by atomic mass is 16.5. The molecule has 2 heteroatoms. The monoisotopic (exact) mass is 412 g/mol. The summed E-state index contributed by atoms with van der Waals surface area (Å²) in [7, 11) is 1.41. The van der Waals surface area contributed by atoms with E-state index in [1.165, 1.54) is 42.2 Å². The van der Waals surface area contributed by atoms with E-state index in [1.54, 1.807) is 5.57 Å². The maximum atomic E-state index is 11.8. The zero-order valence-corrected chi connectivity index (χ0v) is 19.2. The van der Waals surface area contributed by atoms with E-state index in [0.717, 1.165) is 10.8 Å². The van der Waals surface area contributed by atoms with E-state index in [-0.39, 0.29) is 5.97 Å². The third-order valence-corrected chi connectivity index (χ3v) is 6.92. The number of methoxy groups -OCH3 is 1. The molecule has 3 aromatic rings. The SMILES string of the molecule is CCC(C)C1=CC(C)CC1c1cc(-c2ccc3cc(C(=O)OC)ccc3c2)ccc1C. The van der Waals surface area contributed by atoms with Gasteiger partial charge in [-0.25, -0.2) is 4.79 Å². The van der Waals surface area contributed by atoms with Crippen molar-refractivity contribution in [2.45, 2.75) is 46.5 Å². The number of hydrogen-bond acceptors (Lipinski definition) is 2. The molecule has 0 spiro atoms. The highest BCUT2D eigenvalue weighted by Gasteiger charge is 2.29. The topological polar surface area (TPSA) is 26.3 Å². The summed E-state index contributed by atoms with van der Waals surface area (Å²) in [5.74, 6) is 1.49. The molecule has 2 nitrogen and oxygen atoms in total. The molecule has 0 bridgehead atoms. The van der Waals surface area contributed by atoms with Crippen LogP contribution in [0.3, 0.4) is 0 Å². The number of carbonyl (C=O) groups excluding carboxylic acids is 1. The van der Waals surface area contributed by atoms with Gasteiger partial charge in [-0.1, -0.05) is 68.8 Å². The van der Waals surface area contributed by atoms with Gasteiger partial charge in [0.15, 0.2) is 0 Å². The number of allylic oxidation sites excluding steroid dienone is 2. The first-order valence-electron chi connectivity index (χ1n) is 11.4. The van der Waals surface area contributed by atoms with Crippen LogP contribution in [0.15, 0.2) is 66.2 Å². The van der Waals surface area contributed by atoms with Crippen molar-refractivity contribution in [3.05, 3.63) is 82.9 Å². The molecular formula is C29H32O2. The number of hydrogen-bond donors (Lipinski definition) is 0. The van der Waals surface area contributed by atoms with Crippen LogP contribution in [0.4, 0.5) is 0 Å². The average molecular weight is 413 g/mol. The number of esters is 1. The molecule has 0 saturated heterocycles. The second kappa shape index (κ2) is 8.70. The standard InChI is InChI=1S/C29H32O2/c1-6-19(3)26-13-18(2)14-28(26)27-17-24(8-7-20(27)4)22-9-10-23-16-25(29(30)31-5)12-11-21(23)15-22/h7-13,15-19,28H,6,14H2,1-5H3. The Morgan fingerprint density at radius 2 is 1.71 bits per heavy atom. The van der Waals surface area contributed by atoms with E-state index in [2.05, 4.69) is 70.2 Å². The van der Waals surface area contributed by atoms with Gasteiger partial charge in [-0.3, -0.25) is 0 Å². The molecule has 0 heterocycles. The Morgan fingerprint density at radius 3 is 2.45 bits per heavy atom. The van der Waals surface area contributed by atoms with E-state index in [4.69, 9.17) is 4.74 Å². The summed E-state index contributed by atoms with van der Waals surface area (Å²) in [5.41, 5.74) is 7.50. The third kappa shape index (κ3) is 4.17. The molecule has 1 aliphatic carbocycles. The second-order valence-corrected chi connectivity index (χ2v) is 9.08. The predicted molar refractivity (Wildman–Crippen MR) is 130 cm³/mol. The molecule has 3 aromatic carbocycles. The molecule has 0 fully saturated rings. The van der Waals surface area contributed by atoms with Crippen LogP contribution in [0.1, 0.15) is 61.0 Å². The zero-order valence-electron chi connectivity index (χ0n) is 19.2. The van der Waals surface area contributed by atoms with Gasteiger partial charge in [-0.2, -0.15) is 0 Å². The summed E-state index contributed by atoms with van der Waals surface area (Å²) in [5, 5.41) is 2.17. The summed E-state index contributed by atoms with van der Waals surface area (Å²) >= 11 is 0. The van der Waals surface area contributed by atoms with Gasteiger partial charge in [0.1, 0.15) is 0 Å². The molecule has 160 valence electrons. The Labute approximate surface area is 185 Å². The lowest BCUT2D eigenvalue weighted by molar-refractivity contribution is 0.0601. The fourth-order valence-corrected chi connectivity index (χ4v) is 4.94. The average Bonchev–Trinajstić information content (AvgIpc) is 3.19. The van der Waals surface area contributed by atoms with Gasteiger partial charge in [0.25, 0.3) is 0 Å². The summed E-state index contributed by atoms with van der Waals surface area (Å²) in [6, 6.07) is 19.1. The van der Waals surface area contributed by atoms with E-state index in [1.807, 2.05) is 18.2 Å². The third-order valence-electron chi connectivity index (χ3n) is 6.92. The van der Waals surface area contributed by atoms with Crippen molar-refractivity contribution >= 4 is 16.7 Å². The lowest BCUT2D eigenvalue weighted by Crippen LogP contribution is -2.07. The largest absolute Gasteiger partial charge is 0.465 e. The number of ether oxygens (including phenoxy) is 1. The Bertz CT molecular complexity index is 1150. The minimum atomic E-state index is -0.301. The minimum absolute atomic E-state index is 0.301. The second-order valence-electron chi connectivity index (χ2n) is 9.08. The van der Waals surface area contributed by atoms with Crippen LogP contribution in [0, 0.1) is 18.8 Å². The van der Waals surface area contributed by atoms with E-state index in [9.17, 15) is 4.79 Å². The molecule has 0 aromatic heterocycles. The van der Waals surface area contributed by atoms with E-state index >= 15 is 0 Å². The molecule has 0 amide bonds. The quantitative estimate of drug-likeness (QED) is 0.317. The van der Waals surface area contributed by atoms with Crippen molar-refractivity contribution in [3.63, 3.8) is 0 Å². The number of aryl methyl sites for hydroxylation is 1. The summed E-state index contributed by atoms with van der Waals surface area (Å²) in [6.07, 6.45) is 4.91. The molecule has 0 saturated carbocycles. The fourth-order valence-electron chi connectivity index (χ4n) is 4.94. The van der Waals surface area contributed by atoms with Crippen LogP contribution in [0.2, 0.25) is 0 Å². The lowest BCUT2D eigenvalue weighted by atomic mass is 9.81. The van der Waals surface area contributed by atoms with E-state index < -0.39 is 0 Å². The molecule has 0 radical (unpaired) electrons. The van der Waals surface area contributed by atoms with Crippen LogP contribution in [0.5, 0.6) is 0 Å². The Hall–Kier alpha value is -2.87. The molecule has 0 aliphatic heterocycles. The smallest absolute Gasteiger partial charge is 0.337 e. The van der Waals surface area contributed by atoms with Crippen LogP contribution < -0.4 is 0 Å². The van der Waals surface area contributed by atoms with Gasteiger partial charge in [-0.15, -0.1) is 0 Å². The number of fused-ring (bicyclic) bond motifs is 1. The number of benzene rings is 3. The summed E-state index contributed by atoms with van der Waals surface area (Å²) in [6.45, 7) is 9.23. The Balaban J connectivity index is 1.72. The van der Waals surface area contributed by atoms with Crippen molar-refractivity contribution in [2.75, 3.05) is 7.11 Å².